The molecule has 1 atom stereocenters. The molecule has 0 saturated carbocycles. The lowest BCUT2D eigenvalue weighted by molar-refractivity contribution is -0.121. The number of nitrogens with one attached hydrogen (secondary N) is 1. The molecule has 0 bridgehead atoms. The Morgan fingerprint density at radius 3 is 2.95 bits per heavy atom. The number of aryl methyl sites for hydroxylation is 1. The Hall–Kier alpha value is -2.21. The van der Waals surface area contributed by atoms with E-state index in [1.165, 1.54) is 12.1 Å². The Morgan fingerprint density at radius 1 is 1.52 bits per heavy atom. The normalized spacial score (nSPS) is 12.2. The van der Waals surface area contributed by atoms with Gasteiger partial charge in [0.25, 0.3) is 0 Å². The molecule has 112 valence electrons. The van der Waals surface area contributed by atoms with Gasteiger partial charge in [-0.05, 0) is 32.0 Å². The molecule has 0 aliphatic carbocycles. The van der Waals surface area contributed by atoms with E-state index in [2.05, 4.69) is 10.3 Å². The number of benzene rings is 1. The first-order valence-corrected chi connectivity index (χ1v) is 6.62. The van der Waals surface area contributed by atoms with E-state index in [0.717, 1.165) is 0 Å². The van der Waals surface area contributed by atoms with Crippen LogP contribution in [0, 0.1) is 12.7 Å². The predicted octanol–water partition coefficient (Wildman–Crippen LogP) is 1.83. The van der Waals surface area contributed by atoms with Gasteiger partial charge in [0, 0.05) is 11.6 Å². The van der Waals surface area contributed by atoms with E-state index in [1.807, 2.05) is 0 Å². The Balaban J connectivity index is 2.14. The lowest BCUT2D eigenvalue weighted by atomic mass is 10.2. The van der Waals surface area contributed by atoms with Crippen molar-refractivity contribution in [3.63, 3.8) is 0 Å². The van der Waals surface area contributed by atoms with Crippen LogP contribution in [0.5, 0.6) is 0 Å². The molecule has 0 spiro atoms. The van der Waals surface area contributed by atoms with Gasteiger partial charge in [-0.2, -0.15) is 0 Å². The van der Waals surface area contributed by atoms with Gasteiger partial charge in [-0.1, -0.05) is 6.07 Å². The van der Waals surface area contributed by atoms with E-state index in [0.29, 0.717) is 17.0 Å². The van der Waals surface area contributed by atoms with Gasteiger partial charge >= 0.3 is 0 Å². The molecule has 0 radical (unpaired) electrons. The first-order chi connectivity index (χ1) is 9.99. The zero-order valence-electron chi connectivity index (χ0n) is 11.9. The third-order valence-corrected chi connectivity index (χ3v) is 2.97. The number of rotatable bonds is 5. The lowest BCUT2D eigenvalue weighted by Gasteiger charge is -2.09. The van der Waals surface area contributed by atoms with Gasteiger partial charge in [0.1, 0.15) is 11.6 Å². The number of aliphatic hydroxyl groups is 1. The minimum absolute atomic E-state index is 0.0506. The summed E-state index contributed by atoms with van der Waals surface area (Å²) in [5, 5.41) is 11.5. The molecule has 1 heterocycles. The van der Waals surface area contributed by atoms with Crippen molar-refractivity contribution in [1.82, 2.24) is 10.3 Å². The van der Waals surface area contributed by atoms with Crippen molar-refractivity contribution < 1.29 is 18.7 Å². The van der Waals surface area contributed by atoms with Crippen LogP contribution >= 0.6 is 0 Å². The van der Waals surface area contributed by atoms with Gasteiger partial charge in [-0.25, -0.2) is 9.37 Å². The average Bonchev–Trinajstić information content (AvgIpc) is 2.80. The summed E-state index contributed by atoms with van der Waals surface area (Å²) in [5.74, 6) is 0.171. The van der Waals surface area contributed by atoms with Crippen molar-refractivity contribution in [2.75, 3.05) is 6.61 Å². The maximum atomic E-state index is 13.2. The zero-order valence-corrected chi connectivity index (χ0v) is 11.9. The number of carbonyl (C=O) groups is 1. The van der Waals surface area contributed by atoms with Crippen LogP contribution in [0.25, 0.3) is 11.5 Å². The number of aliphatic hydroxyl groups excluding tert-OH is 1. The number of carbonyl (C=O) groups excluding carboxylic acids is 1. The maximum Gasteiger partial charge on any atom is 0.226 e. The van der Waals surface area contributed by atoms with Gasteiger partial charge in [-0.15, -0.1) is 0 Å². The van der Waals surface area contributed by atoms with E-state index in [1.54, 1.807) is 26.0 Å². The number of oxazole rings is 1. The number of aromatic nitrogens is 1. The first kappa shape index (κ1) is 15.2. The number of hydrogen-bond acceptors (Lipinski definition) is 4. The summed E-state index contributed by atoms with van der Waals surface area (Å²) in [5.41, 5.74) is 1.02. The smallest absolute Gasteiger partial charge is 0.226 e. The van der Waals surface area contributed by atoms with Crippen molar-refractivity contribution >= 4 is 5.91 Å². The highest BCUT2D eigenvalue weighted by atomic mass is 19.1. The Morgan fingerprint density at radius 2 is 2.29 bits per heavy atom. The molecule has 1 unspecified atom stereocenters. The van der Waals surface area contributed by atoms with Crippen LogP contribution in [-0.2, 0) is 11.2 Å². The third-order valence-electron chi connectivity index (χ3n) is 2.97. The van der Waals surface area contributed by atoms with Crippen molar-refractivity contribution in [3.05, 3.63) is 41.5 Å². The number of halogens is 1. The van der Waals surface area contributed by atoms with E-state index < -0.39 is 0 Å². The molecule has 6 heteroatoms. The first-order valence-electron chi connectivity index (χ1n) is 6.62. The number of nitrogens with zero attached hydrogens (tertiary/aromatic N) is 1. The summed E-state index contributed by atoms with van der Waals surface area (Å²) < 4.78 is 18.7. The van der Waals surface area contributed by atoms with Crippen molar-refractivity contribution in [2.45, 2.75) is 26.3 Å². The van der Waals surface area contributed by atoms with Crippen molar-refractivity contribution in [2.24, 2.45) is 0 Å². The van der Waals surface area contributed by atoms with Crippen LogP contribution in [0.4, 0.5) is 4.39 Å². The second kappa shape index (κ2) is 6.49. The van der Waals surface area contributed by atoms with E-state index in [-0.39, 0.29) is 36.7 Å². The third kappa shape index (κ3) is 3.88. The molecule has 0 fully saturated rings. The summed E-state index contributed by atoms with van der Waals surface area (Å²) in [6.07, 6.45) is 0.0506. The molecule has 1 aromatic carbocycles. The summed E-state index contributed by atoms with van der Waals surface area (Å²) in [6, 6.07) is 5.60. The largest absolute Gasteiger partial charge is 0.441 e. The molecule has 2 rings (SSSR count). The Labute approximate surface area is 121 Å². The highest BCUT2D eigenvalue weighted by molar-refractivity contribution is 5.78. The number of amides is 1. The molecule has 21 heavy (non-hydrogen) atoms. The summed E-state index contributed by atoms with van der Waals surface area (Å²) >= 11 is 0. The predicted molar refractivity (Wildman–Crippen MR) is 75.0 cm³/mol. The highest BCUT2D eigenvalue weighted by Crippen LogP contribution is 2.22. The summed E-state index contributed by atoms with van der Waals surface area (Å²) in [7, 11) is 0. The lowest BCUT2D eigenvalue weighted by Crippen LogP contribution is -2.36. The SMILES string of the molecule is Cc1oc(-c2cccc(F)c2)nc1CC(=O)NC(C)CO. The van der Waals surface area contributed by atoms with Crippen molar-refractivity contribution in [3.8, 4) is 11.5 Å². The summed E-state index contributed by atoms with van der Waals surface area (Å²) in [6.45, 7) is 3.28. The maximum absolute atomic E-state index is 13.2. The summed E-state index contributed by atoms with van der Waals surface area (Å²) in [4.78, 5) is 16.0. The molecular formula is C15H17FN2O3. The second-order valence-electron chi connectivity index (χ2n) is 4.86. The van der Waals surface area contributed by atoms with Crippen LogP contribution in [-0.4, -0.2) is 28.6 Å². The minimum Gasteiger partial charge on any atom is -0.441 e. The van der Waals surface area contributed by atoms with Crippen LogP contribution in [0.3, 0.4) is 0 Å². The highest BCUT2D eigenvalue weighted by Gasteiger charge is 2.16. The van der Waals surface area contributed by atoms with E-state index >= 15 is 0 Å². The molecule has 5 nitrogen and oxygen atoms in total. The van der Waals surface area contributed by atoms with Gasteiger partial charge in [0.2, 0.25) is 11.8 Å². The van der Waals surface area contributed by atoms with Crippen molar-refractivity contribution in [1.29, 1.82) is 0 Å². The van der Waals surface area contributed by atoms with Crippen LogP contribution in [0.15, 0.2) is 28.7 Å². The Bertz CT molecular complexity index is 640. The van der Waals surface area contributed by atoms with Crippen LogP contribution < -0.4 is 5.32 Å². The molecule has 1 aromatic heterocycles. The quantitative estimate of drug-likeness (QED) is 0.881. The second-order valence-corrected chi connectivity index (χ2v) is 4.86. The minimum atomic E-state index is -0.376. The molecular weight excluding hydrogens is 275 g/mol. The fourth-order valence-electron chi connectivity index (χ4n) is 1.86. The van der Waals surface area contributed by atoms with Crippen LogP contribution in [0.1, 0.15) is 18.4 Å². The van der Waals surface area contributed by atoms with Gasteiger partial charge < -0.3 is 14.8 Å². The fraction of sp³-hybridized carbons (Fsp3) is 0.333. The molecule has 2 aromatic rings. The fourth-order valence-corrected chi connectivity index (χ4v) is 1.86. The molecule has 0 aliphatic heterocycles. The molecule has 0 saturated heterocycles. The number of hydrogen-bond donors (Lipinski definition) is 2. The molecule has 0 aliphatic rings. The van der Waals surface area contributed by atoms with Crippen LogP contribution in [0.2, 0.25) is 0 Å². The molecule has 2 N–H and O–H groups in total. The standard InChI is InChI=1S/C15H17FN2O3/c1-9(8-19)17-14(20)7-13-10(2)21-15(18-13)11-4-3-5-12(16)6-11/h3-6,9,19H,7-8H2,1-2H3,(H,17,20). The monoisotopic (exact) mass is 292 g/mol. The van der Waals surface area contributed by atoms with Gasteiger partial charge in [0.05, 0.1) is 18.7 Å². The van der Waals surface area contributed by atoms with Gasteiger partial charge in [0.15, 0.2) is 0 Å². The van der Waals surface area contributed by atoms with Gasteiger partial charge in [-0.3, -0.25) is 4.79 Å². The Kier molecular flexibility index (Phi) is 4.70. The van der Waals surface area contributed by atoms with E-state index in [4.69, 9.17) is 9.52 Å². The van der Waals surface area contributed by atoms with E-state index in [9.17, 15) is 9.18 Å². The zero-order chi connectivity index (χ0) is 15.4. The average molecular weight is 292 g/mol. The molecule has 1 amide bonds. The topological polar surface area (TPSA) is 75.4 Å².